The number of aromatic nitrogens is 2. The molecule has 1 unspecified atom stereocenters. The molecule has 1 aromatic rings. The molecule has 76 valence electrons. The number of hydrogen-bond acceptors (Lipinski definition) is 4. The fraction of sp³-hybridized carbons (Fsp3) is 0.556. The Morgan fingerprint density at radius 3 is 3.14 bits per heavy atom. The van der Waals surface area contributed by atoms with Crippen LogP contribution in [0.25, 0.3) is 0 Å². The third-order valence-corrected chi connectivity index (χ3v) is 2.55. The monoisotopic (exact) mass is 257 g/mol. The predicted octanol–water partition coefficient (Wildman–Crippen LogP) is 1.29. The lowest BCUT2D eigenvalue weighted by atomic mass is 10.3. The van der Waals surface area contributed by atoms with Crippen LogP contribution in [0.3, 0.4) is 0 Å². The number of rotatable bonds is 2. The maximum Gasteiger partial charge on any atom is 0.235 e. The molecule has 2 heterocycles. The minimum absolute atomic E-state index is 0.240. The summed E-state index contributed by atoms with van der Waals surface area (Å²) in [5, 5.41) is 3.24. The van der Waals surface area contributed by atoms with Crippen molar-refractivity contribution in [3.8, 4) is 5.88 Å². The van der Waals surface area contributed by atoms with Crippen LogP contribution in [0.5, 0.6) is 5.88 Å². The fourth-order valence-corrected chi connectivity index (χ4v) is 1.81. The second-order valence-electron chi connectivity index (χ2n) is 3.32. The average molecular weight is 258 g/mol. The molecule has 2 rings (SSSR count). The molecule has 0 bridgehead atoms. The van der Waals surface area contributed by atoms with Crippen LogP contribution in [0.2, 0.25) is 0 Å². The van der Waals surface area contributed by atoms with Crippen molar-refractivity contribution in [3.05, 3.63) is 16.5 Å². The molecular weight excluding hydrogens is 246 g/mol. The topological polar surface area (TPSA) is 47.0 Å². The summed E-state index contributed by atoms with van der Waals surface area (Å²) in [6, 6.07) is 0. The van der Waals surface area contributed by atoms with Crippen LogP contribution in [0, 0.1) is 6.92 Å². The van der Waals surface area contributed by atoms with Gasteiger partial charge in [-0.3, -0.25) is 0 Å². The summed E-state index contributed by atoms with van der Waals surface area (Å²) in [6.45, 7) is 3.82. The van der Waals surface area contributed by atoms with E-state index in [4.69, 9.17) is 4.74 Å². The minimum Gasteiger partial charge on any atom is -0.472 e. The SMILES string of the molecule is Cc1nc(Br)cnc1OC1CCNC1. The molecule has 1 N–H and O–H groups in total. The van der Waals surface area contributed by atoms with E-state index in [0.29, 0.717) is 5.88 Å². The summed E-state index contributed by atoms with van der Waals surface area (Å²) in [5.74, 6) is 0.641. The number of halogens is 1. The first-order valence-electron chi connectivity index (χ1n) is 4.62. The van der Waals surface area contributed by atoms with Crippen molar-refractivity contribution in [1.29, 1.82) is 0 Å². The second-order valence-corrected chi connectivity index (χ2v) is 4.13. The molecule has 1 aliphatic heterocycles. The van der Waals surface area contributed by atoms with Crippen LogP contribution in [0.15, 0.2) is 10.8 Å². The highest BCUT2D eigenvalue weighted by atomic mass is 79.9. The first-order valence-corrected chi connectivity index (χ1v) is 5.41. The van der Waals surface area contributed by atoms with E-state index >= 15 is 0 Å². The molecule has 0 aromatic carbocycles. The Kier molecular flexibility index (Phi) is 2.98. The van der Waals surface area contributed by atoms with E-state index in [-0.39, 0.29) is 6.10 Å². The van der Waals surface area contributed by atoms with E-state index < -0.39 is 0 Å². The van der Waals surface area contributed by atoms with Gasteiger partial charge in [-0.2, -0.15) is 0 Å². The summed E-state index contributed by atoms with van der Waals surface area (Å²) in [4.78, 5) is 8.41. The van der Waals surface area contributed by atoms with E-state index in [9.17, 15) is 0 Å². The molecule has 0 aliphatic carbocycles. The highest BCUT2D eigenvalue weighted by Gasteiger charge is 2.17. The summed E-state index contributed by atoms with van der Waals surface area (Å²) in [6.07, 6.45) is 2.94. The zero-order valence-electron chi connectivity index (χ0n) is 7.96. The van der Waals surface area contributed by atoms with Crippen molar-refractivity contribution in [2.75, 3.05) is 13.1 Å². The maximum absolute atomic E-state index is 5.70. The van der Waals surface area contributed by atoms with Gasteiger partial charge in [0.2, 0.25) is 5.88 Å². The van der Waals surface area contributed by atoms with Gasteiger partial charge in [0.1, 0.15) is 16.4 Å². The Morgan fingerprint density at radius 1 is 1.64 bits per heavy atom. The number of aryl methyl sites for hydroxylation is 1. The van der Waals surface area contributed by atoms with Gasteiger partial charge in [-0.15, -0.1) is 0 Å². The van der Waals surface area contributed by atoms with Gasteiger partial charge in [-0.25, -0.2) is 9.97 Å². The van der Waals surface area contributed by atoms with Crippen molar-refractivity contribution >= 4 is 15.9 Å². The van der Waals surface area contributed by atoms with Gasteiger partial charge in [0.25, 0.3) is 0 Å². The Hall–Kier alpha value is -0.680. The number of nitrogens with zero attached hydrogens (tertiary/aromatic N) is 2. The van der Waals surface area contributed by atoms with Crippen LogP contribution in [0.4, 0.5) is 0 Å². The first kappa shape index (κ1) is 9.86. The summed E-state index contributed by atoms with van der Waals surface area (Å²) in [5.41, 5.74) is 0.825. The van der Waals surface area contributed by atoms with Gasteiger partial charge in [-0.05, 0) is 35.8 Å². The van der Waals surface area contributed by atoms with E-state index in [0.717, 1.165) is 29.8 Å². The number of nitrogens with one attached hydrogen (secondary N) is 1. The van der Waals surface area contributed by atoms with Crippen LogP contribution in [-0.4, -0.2) is 29.2 Å². The highest BCUT2D eigenvalue weighted by molar-refractivity contribution is 9.10. The lowest BCUT2D eigenvalue weighted by Gasteiger charge is -2.12. The molecule has 0 saturated carbocycles. The van der Waals surface area contributed by atoms with E-state index in [1.54, 1.807) is 6.20 Å². The smallest absolute Gasteiger partial charge is 0.235 e. The molecular formula is C9H12BrN3O. The van der Waals surface area contributed by atoms with Crippen LogP contribution in [-0.2, 0) is 0 Å². The minimum atomic E-state index is 0.240. The van der Waals surface area contributed by atoms with Gasteiger partial charge < -0.3 is 10.1 Å². The highest BCUT2D eigenvalue weighted by Crippen LogP contribution is 2.17. The van der Waals surface area contributed by atoms with Gasteiger partial charge in [0.05, 0.1) is 6.20 Å². The average Bonchev–Trinajstić information content (AvgIpc) is 2.62. The number of hydrogen-bond donors (Lipinski definition) is 1. The van der Waals surface area contributed by atoms with Crippen LogP contribution >= 0.6 is 15.9 Å². The predicted molar refractivity (Wildman–Crippen MR) is 56.4 cm³/mol. The third-order valence-electron chi connectivity index (χ3n) is 2.17. The maximum atomic E-state index is 5.70. The Labute approximate surface area is 91.2 Å². The lowest BCUT2D eigenvalue weighted by Crippen LogP contribution is -2.20. The second kappa shape index (κ2) is 4.23. The molecule has 0 amide bonds. The summed E-state index contributed by atoms with van der Waals surface area (Å²) in [7, 11) is 0. The van der Waals surface area contributed by atoms with Gasteiger partial charge in [0, 0.05) is 6.54 Å². The molecule has 1 aliphatic rings. The Bertz CT molecular complexity index is 326. The van der Waals surface area contributed by atoms with E-state index in [1.165, 1.54) is 0 Å². The quantitative estimate of drug-likeness (QED) is 0.868. The molecule has 1 fully saturated rings. The van der Waals surface area contributed by atoms with Gasteiger partial charge in [-0.1, -0.05) is 0 Å². The van der Waals surface area contributed by atoms with Crippen molar-refractivity contribution in [2.45, 2.75) is 19.4 Å². The molecule has 5 heteroatoms. The number of ether oxygens (including phenoxy) is 1. The van der Waals surface area contributed by atoms with Crippen molar-refractivity contribution < 1.29 is 4.74 Å². The van der Waals surface area contributed by atoms with Crippen LogP contribution in [0.1, 0.15) is 12.1 Å². The standard InChI is InChI=1S/C9H12BrN3O/c1-6-9(12-5-8(10)13-6)14-7-2-3-11-4-7/h5,7,11H,2-4H2,1H3. The molecule has 1 atom stereocenters. The Balaban J connectivity index is 2.08. The summed E-state index contributed by atoms with van der Waals surface area (Å²) < 4.78 is 6.45. The summed E-state index contributed by atoms with van der Waals surface area (Å²) >= 11 is 3.27. The van der Waals surface area contributed by atoms with Crippen LogP contribution < -0.4 is 10.1 Å². The van der Waals surface area contributed by atoms with Gasteiger partial charge in [0.15, 0.2) is 0 Å². The zero-order valence-corrected chi connectivity index (χ0v) is 9.54. The first-order chi connectivity index (χ1) is 6.75. The lowest BCUT2D eigenvalue weighted by molar-refractivity contribution is 0.211. The van der Waals surface area contributed by atoms with E-state index in [2.05, 4.69) is 31.2 Å². The van der Waals surface area contributed by atoms with E-state index in [1.807, 2.05) is 6.92 Å². The van der Waals surface area contributed by atoms with Crippen molar-refractivity contribution in [2.24, 2.45) is 0 Å². The largest absolute Gasteiger partial charge is 0.472 e. The molecule has 1 aromatic heterocycles. The van der Waals surface area contributed by atoms with Crippen molar-refractivity contribution in [3.63, 3.8) is 0 Å². The van der Waals surface area contributed by atoms with Gasteiger partial charge >= 0.3 is 0 Å². The molecule has 4 nitrogen and oxygen atoms in total. The molecule has 0 radical (unpaired) electrons. The van der Waals surface area contributed by atoms with Crippen molar-refractivity contribution in [1.82, 2.24) is 15.3 Å². The fourth-order valence-electron chi connectivity index (χ4n) is 1.44. The molecule has 1 saturated heterocycles. The third kappa shape index (κ3) is 2.22. The Morgan fingerprint density at radius 2 is 2.50 bits per heavy atom. The normalized spacial score (nSPS) is 21.1. The molecule has 14 heavy (non-hydrogen) atoms. The zero-order chi connectivity index (χ0) is 9.97. The molecule has 0 spiro atoms.